The molecule has 0 saturated heterocycles. The van der Waals surface area contributed by atoms with Gasteiger partial charge in [0.05, 0.1) is 0 Å². The Kier molecular flexibility index (Phi) is 2.97. The summed E-state index contributed by atoms with van der Waals surface area (Å²) in [5.41, 5.74) is 5.29. The molecule has 0 amide bonds. The number of nitrogens with two attached hydrogens (primary N) is 1. The molecule has 0 aliphatic heterocycles. The van der Waals surface area contributed by atoms with Crippen molar-refractivity contribution in [1.82, 2.24) is 14.8 Å². The molecule has 0 aliphatic rings. The van der Waals surface area contributed by atoms with Gasteiger partial charge in [0.2, 0.25) is 5.95 Å². The largest absolute Gasteiger partial charge is 0.444 e. The molecular formula is C9H16N4O2. The normalized spacial score (nSPS) is 13.6. The molecule has 1 rings (SSSR count). The summed E-state index contributed by atoms with van der Waals surface area (Å²) in [6.07, 6.45) is 0.374. The highest BCUT2D eigenvalue weighted by atomic mass is 16.6. The summed E-state index contributed by atoms with van der Waals surface area (Å²) in [4.78, 5) is 15.2. The number of carbonyl (C=O) groups excluding carboxylic acids is 1. The van der Waals surface area contributed by atoms with Gasteiger partial charge in [-0.1, -0.05) is 20.8 Å². The fourth-order valence-corrected chi connectivity index (χ4v) is 0.769. The molecule has 0 aromatic carbocycles. The van der Waals surface area contributed by atoms with E-state index in [9.17, 15) is 4.79 Å². The van der Waals surface area contributed by atoms with Crippen molar-refractivity contribution in [3.63, 3.8) is 0 Å². The maximum atomic E-state index is 11.5. The number of hydrogen-bond acceptors (Lipinski definition) is 5. The smallest absolute Gasteiger partial charge is 0.438 e. The van der Waals surface area contributed by atoms with Crippen LogP contribution in [0.2, 0.25) is 0 Å². The third-order valence-electron chi connectivity index (χ3n) is 2.24. The van der Waals surface area contributed by atoms with Crippen molar-refractivity contribution in [2.45, 2.75) is 33.8 Å². The van der Waals surface area contributed by atoms with E-state index in [0.29, 0.717) is 0 Å². The SMILES string of the molecule is C[C@@H](OC(=O)n1ncnc1N)C(C)(C)C. The molecule has 0 bridgehead atoms. The lowest BCUT2D eigenvalue weighted by atomic mass is 9.90. The molecule has 6 nitrogen and oxygen atoms in total. The van der Waals surface area contributed by atoms with Crippen LogP contribution in [-0.4, -0.2) is 27.0 Å². The fourth-order valence-electron chi connectivity index (χ4n) is 0.769. The Bertz CT molecular complexity index is 353. The van der Waals surface area contributed by atoms with Crippen LogP contribution in [0.5, 0.6) is 0 Å². The number of anilines is 1. The second-order valence-corrected chi connectivity index (χ2v) is 4.42. The van der Waals surface area contributed by atoms with Gasteiger partial charge in [0.25, 0.3) is 0 Å². The zero-order valence-corrected chi connectivity index (χ0v) is 9.39. The summed E-state index contributed by atoms with van der Waals surface area (Å²) < 4.78 is 6.11. The summed E-state index contributed by atoms with van der Waals surface area (Å²) in [5, 5.41) is 3.66. The quantitative estimate of drug-likeness (QED) is 0.758. The third kappa shape index (κ3) is 2.68. The van der Waals surface area contributed by atoms with E-state index in [-0.39, 0.29) is 17.5 Å². The Balaban J connectivity index is 2.69. The second-order valence-electron chi connectivity index (χ2n) is 4.42. The first-order valence-electron chi connectivity index (χ1n) is 4.69. The number of ether oxygens (including phenoxy) is 1. The van der Waals surface area contributed by atoms with Crippen molar-refractivity contribution in [3.05, 3.63) is 6.33 Å². The third-order valence-corrected chi connectivity index (χ3v) is 2.24. The summed E-state index contributed by atoms with van der Waals surface area (Å²) >= 11 is 0. The Morgan fingerprint density at radius 3 is 2.60 bits per heavy atom. The van der Waals surface area contributed by atoms with Gasteiger partial charge in [0, 0.05) is 0 Å². The first-order chi connectivity index (χ1) is 6.82. The second kappa shape index (κ2) is 3.88. The summed E-state index contributed by atoms with van der Waals surface area (Å²) in [6.45, 7) is 7.77. The predicted molar refractivity (Wildman–Crippen MR) is 55.2 cm³/mol. The number of carbonyl (C=O) groups is 1. The highest BCUT2D eigenvalue weighted by molar-refractivity contribution is 5.72. The molecule has 0 saturated carbocycles. The van der Waals surface area contributed by atoms with Crippen molar-refractivity contribution in [2.75, 3.05) is 5.73 Å². The molecule has 1 heterocycles. The van der Waals surface area contributed by atoms with Crippen LogP contribution < -0.4 is 5.73 Å². The van der Waals surface area contributed by atoms with Gasteiger partial charge in [-0.15, -0.1) is 9.78 Å². The minimum absolute atomic E-state index is 0.0288. The fraction of sp³-hybridized carbons (Fsp3) is 0.667. The lowest BCUT2D eigenvalue weighted by Crippen LogP contribution is -2.31. The van der Waals surface area contributed by atoms with Crippen LogP contribution >= 0.6 is 0 Å². The van der Waals surface area contributed by atoms with Crippen LogP contribution in [0.3, 0.4) is 0 Å². The average molecular weight is 212 g/mol. The van der Waals surface area contributed by atoms with Gasteiger partial charge in [-0.2, -0.15) is 4.98 Å². The van der Waals surface area contributed by atoms with Gasteiger partial charge in [-0.3, -0.25) is 0 Å². The molecule has 1 aromatic heterocycles. The van der Waals surface area contributed by atoms with Crippen LogP contribution in [0, 0.1) is 5.41 Å². The van der Waals surface area contributed by atoms with Gasteiger partial charge in [-0.05, 0) is 12.3 Å². The van der Waals surface area contributed by atoms with Crippen LogP contribution in [0.25, 0.3) is 0 Å². The first-order valence-corrected chi connectivity index (χ1v) is 4.69. The highest BCUT2D eigenvalue weighted by Gasteiger charge is 2.25. The minimum atomic E-state index is -0.604. The number of hydrogen-bond donors (Lipinski definition) is 1. The van der Waals surface area contributed by atoms with Gasteiger partial charge >= 0.3 is 6.09 Å². The van der Waals surface area contributed by atoms with E-state index in [4.69, 9.17) is 10.5 Å². The summed E-state index contributed by atoms with van der Waals surface area (Å²) in [5.74, 6) is 0.0288. The van der Waals surface area contributed by atoms with E-state index in [2.05, 4.69) is 10.1 Å². The van der Waals surface area contributed by atoms with Crippen molar-refractivity contribution in [1.29, 1.82) is 0 Å². The Morgan fingerprint density at radius 2 is 2.20 bits per heavy atom. The molecule has 0 spiro atoms. The molecule has 0 radical (unpaired) electrons. The monoisotopic (exact) mass is 212 g/mol. The molecule has 84 valence electrons. The molecule has 6 heteroatoms. The van der Waals surface area contributed by atoms with Crippen LogP contribution in [0.4, 0.5) is 10.7 Å². The number of aromatic nitrogens is 3. The molecule has 2 N–H and O–H groups in total. The Hall–Kier alpha value is -1.59. The predicted octanol–water partition coefficient (Wildman–Crippen LogP) is 1.28. The van der Waals surface area contributed by atoms with Crippen molar-refractivity contribution in [3.8, 4) is 0 Å². The van der Waals surface area contributed by atoms with E-state index in [1.807, 2.05) is 27.7 Å². The molecule has 1 atom stereocenters. The highest BCUT2D eigenvalue weighted by Crippen LogP contribution is 2.22. The van der Waals surface area contributed by atoms with E-state index in [1.165, 1.54) is 6.33 Å². The lowest BCUT2D eigenvalue weighted by Gasteiger charge is -2.26. The molecule has 0 aliphatic carbocycles. The van der Waals surface area contributed by atoms with Gasteiger partial charge in [0.15, 0.2) is 0 Å². The number of nitrogens with zero attached hydrogens (tertiary/aromatic N) is 3. The Labute approximate surface area is 88.4 Å². The maximum absolute atomic E-state index is 11.5. The maximum Gasteiger partial charge on any atom is 0.438 e. The summed E-state index contributed by atoms with van der Waals surface area (Å²) in [6, 6.07) is 0. The zero-order chi connectivity index (χ0) is 11.6. The van der Waals surface area contributed by atoms with Crippen molar-refractivity contribution >= 4 is 12.0 Å². The van der Waals surface area contributed by atoms with Crippen molar-refractivity contribution < 1.29 is 9.53 Å². The molecule has 0 unspecified atom stereocenters. The summed E-state index contributed by atoms with van der Waals surface area (Å²) in [7, 11) is 0. The van der Waals surface area contributed by atoms with Gasteiger partial charge < -0.3 is 10.5 Å². The van der Waals surface area contributed by atoms with Crippen molar-refractivity contribution in [2.24, 2.45) is 5.41 Å². The molecule has 1 aromatic rings. The topological polar surface area (TPSA) is 83.0 Å². The minimum Gasteiger partial charge on any atom is -0.444 e. The number of rotatable bonds is 1. The Morgan fingerprint density at radius 1 is 1.60 bits per heavy atom. The lowest BCUT2D eigenvalue weighted by molar-refractivity contribution is 0.0431. The van der Waals surface area contributed by atoms with Gasteiger partial charge in [0.1, 0.15) is 12.4 Å². The van der Waals surface area contributed by atoms with E-state index < -0.39 is 6.09 Å². The first kappa shape index (κ1) is 11.5. The standard InChI is InChI=1S/C9H16N4O2/c1-6(9(2,3)4)15-8(14)13-7(10)11-5-12-13/h5-6H,1-4H3,(H2,10,11,12)/t6-/m1/s1. The van der Waals surface area contributed by atoms with Crippen LogP contribution in [-0.2, 0) is 4.74 Å². The van der Waals surface area contributed by atoms with Gasteiger partial charge in [-0.25, -0.2) is 4.79 Å². The van der Waals surface area contributed by atoms with Crippen LogP contribution in [0.15, 0.2) is 6.33 Å². The van der Waals surface area contributed by atoms with E-state index in [1.54, 1.807) is 0 Å². The average Bonchev–Trinajstić information content (AvgIpc) is 2.49. The molecule has 0 fully saturated rings. The molecular weight excluding hydrogens is 196 g/mol. The molecule has 15 heavy (non-hydrogen) atoms. The van der Waals surface area contributed by atoms with Crippen LogP contribution in [0.1, 0.15) is 27.7 Å². The zero-order valence-electron chi connectivity index (χ0n) is 9.39. The number of nitrogen functional groups attached to an aromatic ring is 1. The van der Waals surface area contributed by atoms with E-state index >= 15 is 0 Å². The van der Waals surface area contributed by atoms with E-state index in [0.717, 1.165) is 4.68 Å².